The van der Waals surface area contributed by atoms with E-state index in [1.807, 2.05) is 0 Å². The minimum atomic E-state index is -0.571. The molecule has 70 valence electrons. The zero-order valence-electron chi connectivity index (χ0n) is 7.20. The summed E-state index contributed by atoms with van der Waals surface area (Å²) in [5.41, 5.74) is 7.65. The second kappa shape index (κ2) is 2.88. The van der Waals surface area contributed by atoms with Crippen molar-refractivity contribution in [2.75, 3.05) is 5.73 Å². The highest BCUT2D eigenvalue weighted by atomic mass is 16.3. The van der Waals surface area contributed by atoms with Crippen LogP contribution in [0.25, 0.3) is 0 Å². The number of aromatic hydroxyl groups is 1. The molecule has 13 heavy (non-hydrogen) atoms. The van der Waals surface area contributed by atoms with Crippen LogP contribution in [0.3, 0.4) is 0 Å². The molecule has 1 heterocycles. The number of aliphatic hydroxyl groups excluding tert-OH is 1. The lowest BCUT2D eigenvalue weighted by Gasteiger charge is -2.21. The van der Waals surface area contributed by atoms with Gasteiger partial charge in [-0.2, -0.15) is 0 Å². The number of nitrogen functional groups attached to an aromatic ring is 1. The van der Waals surface area contributed by atoms with Crippen LogP contribution >= 0.6 is 0 Å². The molecule has 0 aliphatic heterocycles. The summed E-state index contributed by atoms with van der Waals surface area (Å²) >= 11 is 0. The number of hydrogen-bond acceptors (Lipinski definition) is 4. The number of pyridine rings is 1. The molecule has 0 radical (unpaired) electrons. The summed E-state index contributed by atoms with van der Waals surface area (Å²) in [6, 6.07) is 1.43. The Balaban J connectivity index is 2.56. The number of hydrogen-bond donors (Lipinski definition) is 3. The summed E-state index contributed by atoms with van der Waals surface area (Å²) < 4.78 is 0. The van der Waals surface area contributed by atoms with Crippen LogP contribution in [-0.2, 0) is 6.42 Å². The van der Waals surface area contributed by atoms with Crippen molar-refractivity contribution in [3.05, 3.63) is 17.3 Å². The zero-order chi connectivity index (χ0) is 9.42. The summed E-state index contributed by atoms with van der Waals surface area (Å²) in [4.78, 5) is 3.88. The molecule has 0 amide bonds. The van der Waals surface area contributed by atoms with Gasteiger partial charge in [-0.1, -0.05) is 0 Å². The summed E-state index contributed by atoms with van der Waals surface area (Å²) in [7, 11) is 0. The van der Waals surface area contributed by atoms with Gasteiger partial charge in [-0.25, -0.2) is 4.98 Å². The second-order valence-electron chi connectivity index (χ2n) is 3.34. The molecule has 1 unspecified atom stereocenters. The van der Waals surface area contributed by atoms with E-state index in [-0.39, 0.29) is 5.88 Å². The van der Waals surface area contributed by atoms with Gasteiger partial charge >= 0.3 is 0 Å². The maximum atomic E-state index is 9.58. The monoisotopic (exact) mass is 180 g/mol. The van der Waals surface area contributed by atoms with Crippen molar-refractivity contribution in [1.29, 1.82) is 0 Å². The Morgan fingerprint density at radius 2 is 2.31 bits per heavy atom. The molecule has 0 saturated heterocycles. The van der Waals surface area contributed by atoms with Gasteiger partial charge in [0.25, 0.3) is 0 Å². The molecule has 2 rings (SSSR count). The van der Waals surface area contributed by atoms with Crippen LogP contribution in [0, 0.1) is 0 Å². The molecule has 1 aromatic heterocycles. The standard InChI is InChI=1S/C9H12N2O2/c10-6-4-8(13)11-9-5(6)2-1-3-7(9)12/h4,7,12H,1-3H2,(H3,10,11,13). The molecule has 4 N–H and O–H groups in total. The van der Waals surface area contributed by atoms with Crippen molar-refractivity contribution in [2.24, 2.45) is 0 Å². The number of nitrogens with two attached hydrogens (primary N) is 1. The van der Waals surface area contributed by atoms with Gasteiger partial charge < -0.3 is 15.9 Å². The van der Waals surface area contributed by atoms with Gasteiger partial charge in [0.2, 0.25) is 5.88 Å². The van der Waals surface area contributed by atoms with Crippen molar-refractivity contribution >= 4 is 5.69 Å². The number of anilines is 1. The molecule has 0 saturated carbocycles. The average molecular weight is 180 g/mol. The van der Waals surface area contributed by atoms with Crippen LogP contribution in [0.5, 0.6) is 5.88 Å². The third-order valence-electron chi connectivity index (χ3n) is 2.40. The van der Waals surface area contributed by atoms with Gasteiger partial charge in [0.1, 0.15) is 0 Å². The predicted molar refractivity (Wildman–Crippen MR) is 48.2 cm³/mol. The van der Waals surface area contributed by atoms with E-state index in [9.17, 15) is 10.2 Å². The third-order valence-corrected chi connectivity index (χ3v) is 2.40. The van der Waals surface area contributed by atoms with E-state index < -0.39 is 6.10 Å². The van der Waals surface area contributed by atoms with Gasteiger partial charge in [0.05, 0.1) is 11.8 Å². The quantitative estimate of drug-likeness (QED) is 0.550. The Morgan fingerprint density at radius 1 is 1.54 bits per heavy atom. The van der Waals surface area contributed by atoms with Crippen molar-refractivity contribution in [1.82, 2.24) is 4.98 Å². The van der Waals surface area contributed by atoms with E-state index in [0.717, 1.165) is 18.4 Å². The van der Waals surface area contributed by atoms with E-state index in [1.54, 1.807) is 0 Å². The fourth-order valence-corrected chi connectivity index (χ4v) is 1.75. The number of aromatic nitrogens is 1. The Bertz CT molecular complexity index is 339. The van der Waals surface area contributed by atoms with Crippen LogP contribution in [0.4, 0.5) is 5.69 Å². The third kappa shape index (κ3) is 1.33. The first-order valence-corrected chi connectivity index (χ1v) is 4.35. The zero-order valence-corrected chi connectivity index (χ0v) is 7.20. The maximum absolute atomic E-state index is 9.58. The van der Waals surface area contributed by atoms with Crippen molar-refractivity contribution in [3.8, 4) is 5.88 Å². The first kappa shape index (κ1) is 8.31. The molecule has 0 aromatic carbocycles. The molecule has 0 spiro atoms. The molecule has 1 aliphatic rings. The lowest BCUT2D eigenvalue weighted by atomic mass is 9.93. The molecule has 1 aliphatic carbocycles. The lowest BCUT2D eigenvalue weighted by molar-refractivity contribution is 0.150. The van der Waals surface area contributed by atoms with Gasteiger partial charge in [-0.05, 0) is 24.8 Å². The lowest BCUT2D eigenvalue weighted by Crippen LogP contribution is -2.13. The van der Waals surface area contributed by atoms with E-state index >= 15 is 0 Å². The molecule has 1 atom stereocenters. The van der Waals surface area contributed by atoms with Gasteiger partial charge in [0, 0.05) is 11.8 Å². The van der Waals surface area contributed by atoms with Gasteiger partial charge in [-0.15, -0.1) is 0 Å². The predicted octanol–water partition coefficient (Wildman–Crippen LogP) is 0.739. The number of rotatable bonds is 0. The molecule has 0 fully saturated rings. The first-order chi connectivity index (χ1) is 6.18. The average Bonchev–Trinajstić information content (AvgIpc) is 2.07. The van der Waals surface area contributed by atoms with Crippen LogP contribution in [-0.4, -0.2) is 15.2 Å². The van der Waals surface area contributed by atoms with Crippen molar-refractivity contribution in [3.63, 3.8) is 0 Å². The van der Waals surface area contributed by atoms with Crippen LogP contribution in [0.1, 0.15) is 30.2 Å². The largest absolute Gasteiger partial charge is 0.493 e. The Kier molecular flexibility index (Phi) is 1.84. The molecular formula is C9H12N2O2. The SMILES string of the molecule is Nc1cc(O)nc2c1CCCC2O. The molecule has 4 heteroatoms. The van der Waals surface area contributed by atoms with Crippen molar-refractivity contribution < 1.29 is 10.2 Å². The summed E-state index contributed by atoms with van der Waals surface area (Å²) in [5, 5.41) is 18.8. The highest BCUT2D eigenvalue weighted by molar-refractivity contribution is 5.52. The minimum absolute atomic E-state index is 0.114. The van der Waals surface area contributed by atoms with E-state index in [2.05, 4.69) is 4.98 Å². The van der Waals surface area contributed by atoms with Crippen LogP contribution in [0.2, 0.25) is 0 Å². The summed E-state index contributed by atoms with van der Waals surface area (Å²) in [6.07, 6.45) is 1.89. The molecular weight excluding hydrogens is 168 g/mol. The first-order valence-electron chi connectivity index (χ1n) is 4.35. The Hall–Kier alpha value is -1.29. The van der Waals surface area contributed by atoms with E-state index in [1.165, 1.54) is 6.07 Å². The van der Waals surface area contributed by atoms with Crippen molar-refractivity contribution in [2.45, 2.75) is 25.4 Å². The number of aliphatic hydroxyl groups is 1. The van der Waals surface area contributed by atoms with Gasteiger partial charge in [0.15, 0.2) is 0 Å². The molecule has 4 nitrogen and oxygen atoms in total. The Labute approximate surface area is 76.0 Å². The van der Waals surface area contributed by atoms with E-state index in [4.69, 9.17) is 5.73 Å². The summed E-state index contributed by atoms with van der Waals surface area (Å²) in [6.45, 7) is 0. The topological polar surface area (TPSA) is 79.4 Å². The highest BCUT2D eigenvalue weighted by Gasteiger charge is 2.21. The molecule has 0 bridgehead atoms. The highest BCUT2D eigenvalue weighted by Crippen LogP contribution is 2.33. The fourth-order valence-electron chi connectivity index (χ4n) is 1.75. The Morgan fingerprint density at radius 3 is 3.08 bits per heavy atom. The summed E-state index contributed by atoms with van der Waals surface area (Å²) in [5.74, 6) is -0.114. The normalized spacial score (nSPS) is 21.2. The maximum Gasteiger partial charge on any atom is 0.213 e. The number of fused-ring (bicyclic) bond motifs is 1. The van der Waals surface area contributed by atoms with Crippen LogP contribution < -0.4 is 5.73 Å². The number of nitrogens with zero attached hydrogens (tertiary/aromatic N) is 1. The minimum Gasteiger partial charge on any atom is -0.493 e. The second-order valence-corrected chi connectivity index (χ2v) is 3.34. The fraction of sp³-hybridized carbons (Fsp3) is 0.444. The smallest absolute Gasteiger partial charge is 0.213 e. The molecule has 1 aromatic rings. The van der Waals surface area contributed by atoms with Gasteiger partial charge in [-0.3, -0.25) is 0 Å². The van der Waals surface area contributed by atoms with Crippen LogP contribution in [0.15, 0.2) is 6.07 Å². The van der Waals surface area contributed by atoms with E-state index in [0.29, 0.717) is 17.8 Å².